The first-order valence-electron chi connectivity index (χ1n) is 9.01. The summed E-state index contributed by atoms with van der Waals surface area (Å²) in [6.45, 7) is 3.73. The first kappa shape index (κ1) is 20.5. The third-order valence-electron chi connectivity index (χ3n) is 4.27. The molecule has 0 aliphatic carbocycles. The molecule has 3 aromatic rings. The van der Waals surface area contributed by atoms with Crippen molar-refractivity contribution in [1.29, 1.82) is 0 Å². The number of ether oxygens (including phenoxy) is 1. The van der Waals surface area contributed by atoms with Crippen LogP contribution in [0.5, 0.6) is 5.75 Å². The van der Waals surface area contributed by atoms with Gasteiger partial charge in [0.05, 0.1) is 23.8 Å². The van der Waals surface area contributed by atoms with Gasteiger partial charge in [0.2, 0.25) is 11.9 Å². The van der Waals surface area contributed by atoms with Crippen LogP contribution >= 0.6 is 11.6 Å². The fraction of sp³-hybridized carbons (Fsp3) is 0.250. The third kappa shape index (κ3) is 5.17. The molecule has 4 N–H and O–H groups in total. The van der Waals surface area contributed by atoms with E-state index < -0.39 is 0 Å². The molecule has 1 heterocycles. The van der Waals surface area contributed by atoms with E-state index in [9.17, 15) is 9.59 Å². The van der Waals surface area contributed by atoms with Gasteiger partial charge in [0.15, 0.2) is 0 Å². The molecule has 9 heteroatoms. The Bertz CT molecular complexity index is 1060. The van der Waals surface area contributed by atoms with Gasteiger partial charge in [-0.1, -0.05) is 17.7 Å². The van der Waals surface area contributed by atoms with Crippen molar-refractivity contribution in [3.8, 4) is 5.75 Å². The molecule has 0 bridgehead atoms. The maximum Gasteiger partial charge on any atom is 0.319 e. The van der Waals surface area contributed by atoms with E-state index in [0.717, 1.165) is 22.2 Å². The molecule has 2 aromatic carbocycles. The van der Waals surface area contributed by atoms with Crippen molar-refractivity contribution in [2.24, 2.45) is 0 Å². The van der Waals surface area contributed by atoms with E-state index in [-0.39, 0.29) is 11.9 Å². The summed E-state index contributed by atoms with van der Waals surface area (Å²) >= 11 is 6.08. The molecule has 8 nitrogen and oxygen atoms in total. The number of H-pyrrole nitrogens is 1. The monoisotopic (exact) mass is 415 g/mol. The summed E-state index contributed by atoms with van der Waals surface area (Å²) < 4.78 is 5.26. The molecule has 3 amide bonds. The van der Waals surface area contributed by atoms with E-state index in [0.29, 0.717) is 35.4 Å². The summed E-state index contributed by atoms with van der Waals surface area (Å²) in [6, 6.07) is 8.85. The highest BCUT2D eigenvalue weighted by Gasteiger charge is 2.10. The Morgan fingerprint density at radius 1 is 1.21 bits per heavy atom. The standard InChI is InChI=1S/C20H22ClN5O3/c1-11-8-17(18(29-3)10-14(11)21)26-20(28)22-7-6-13-4-5-15-16(9-13)25-19(24-15)23-12(2)27/h4-5,8-10H,6-7H2,1-3H3,(H2,22,26,28)(H2,23,24,25,27). The number of amides is 3. The lowest BCUT2D eigenvalue weighted by atomic mass is 10.1. The number of hydrogen-bond acceptors (Lipinski definition) is 4. The van der Waals surface area contributed by atoms with Crippen LogP contribution in [0.4, 0.5) is 16.4 Å². The first-order chi connectivity index (χ1) is 13.9. The van der Waals surface area contributed by atoms with Gasteiger partial charge in [-0.05, 0) is 42.7 Å². The maximum absolute atomic E-state index is 12.2. The fourth-order valence-electron chi connectivity index (χ4n) is 2.85. The van der Waals surface area contributed by atoms with Gasteiger partial charge in [-0.15, -0.1) is 0 Å². The van der Waals surface area contributed by atoms with Crippen molar-refractivity contribution >= 4 is 46.2 Å². The summed E-state index contributed by atoms with van der Waals surface area (Å²) in [4.78, 5) is 30.7. The van der Waals surface area contributed by atoms with Crippen molar-refractivity contribution in [3.05, 3.63) is 46.5 Å². The number of anilines is 2. The summed E-state index contributed by atoms with van der Waals surface area (Å²) in [6.07, 6.45) is 0.634. The molecule has 29 heavy (non-hydrogen) atoms. The zero-order valence-corrected chi connectivity index (χ0v) is 17.1. The van der Waals surface area contributed by atoms with Gasteiger partial charge >= 0.3 is 6.03 Å². The molecule has 0 aliphatic heterocycles. The number of nitrogens with zero attached hydrogens (tertiary/aromatic N) is 1. The van der Waals surface area contributed by atoms with E-state index in [1.165, 1.54) is 14.0 Å². The Kier molecular flexibility index (Phi) is 6.23. The number of hydrogen-bond donors (Lipinski definition) is 4. The Balaban J connectivity index is 1.57. The highest BCUT2D eigenvalue weighted by atomic mass is 35.5. The summed E-state index contributed by atoms with van der Waals surface area (Å²) in [7, 11) is 1.52. The highest BCUT2D eigenvalue weighted by molar-refractivity contribution is 6.31. The molecule has 0 saturated heterocycles. The number of urea groups is 1. The van der Waals surface area contributed by atoms with Crippen LogP contribution in [0.3, 0.4) is 0 Å². The minimum atomic E-state index is -0.333. The van der Waals surface area contributed by atoms with Crippen molar-refractivity contribution in [3.63, 3.8) is 0 Å². The van der Waals surface area contributed by atoms with Crippen LogP contribution in [0.25, 0.3) is 11.0 Å². The van der Waals surface area contributed by atoms with Crippen LogP contribution in [0.15, 0.2) is 30.3 Å². The lowest BCUT2D eigenvalue weighted by Gasteiger charge is -2.13. The van der Waals surface area contributed by atoms with Gasteiger partial charge < -0.3 is 20.4 Å². The normalized spacial score (nSPS) is 10.6. The Labute approximate surface area is 173 Å². The van der Waals surface area contributed by atoms with Crippen molar-refractivity contribution in [2.75, 3.05) is 24.3 Å². The number of carbonyl (C=O) groups is 2. The second kappa shape index (κ2) is 8.83. The first-order valence-corrected chi connectivity index (χ1v) is 9.38. The van der Waals surface area contributed by atoms with Crippen LogP contribution in [0.1, 0.15) is 18.1 Å². The highest BCUT2D eigenvalue weighted by Crippen LogP contribution is 2.30. The van der Waals surface area contributed by atoms with Crippen molar-refractivity contribution < 1.29 is 14.3 Å². The second-order valence-corrected chi connectivity index (χ2v) is 6.96. The molecule has 0 atom stereocenters. The number of imidazole rings is 1. The topological polar surface area (TPSA) is 108 Å². The van der Waals surface area contributed by atoms with E-state index in [4.69, 9.17) is 16.3 Å². The van der Waals surface area contributed by atoms with Gasteiger partial charge in [-0.25, -0.2) is 9.78 Å². The predicted octanol–water partition coefficient (Wildman–Crippen LogP) is 3.86. The molecule has 3 rings (SSSR count). The Morgan fingerprint density at radius 2 is 2.00 bits per heavy atom. The van der Waals surface area contributed by atoms with E-state index >= 15 is 0 Å². The number of aryl methyl sites for hydroxylation is 1. The fourth-order valence-corrected chi connectivity index (χ4v) is 3.01. The molecule has 152 valence electrons. The van der Waals surface area contributed by atoms with Gasteiger partial charge in [0.25, 0.3) is 0 Å². The third-order valence-corrected chi connectivity index (χ3v) is 4.68. The van der Waals surface area contributed by atoms with E-state index in [1.54, 1.807) is 12.1 Å². The number of fused-ring (bicyclic) bond motifs is 1. The molecule has 0 unspecified atom stereocenters. The Morgan fingerprint density at radius 3 is 2.72 bits per heavy atom. The molecule has 0 radical (unpaired) electrons. The van der Waals surface area contributed by atoms with Gasteiger partial charge in [-0.2, -0.15) is 0 Å². The molecule has 1 aromatic heterocycles. The van der Waals surface area contributed by atoms with Crippen molar-refractivity contribution in [2.45, 2.75) is 20.3 Å². The Hall–Kier alpha value is -3.26. The molecule has 0 saturated carbocycles. The van der Waals surface area contributed by atoms with Crippen LogP contribution in [0.2, 0.25) is 5.02 Å². The van der Waals surface area contributed by atoms with Crippen LogP contribution in [-0.4, -0.2) is 35.6 Å². The van der Waals surface area contributed by atoms with Crippen LogP contribution in [-0.2, 0) is 11.2 Å². The number of halogens is 1. The predicted molar refractivity (Wildman–Crippen MR) is 114 cm³/mol. The molecule has 0 fully saturated rings. The molecule has 0 aliphatic rings. The molecular weight excluding hydrogens is 394 g/mol. The van der Waals surface area contributed by atoms with Gasteiger partial charge in [-0.3, -0.25) is 10.1 Å². The van der Waals surface area contributed by atoms with E-state index in [1.807, 2.05) is 25.1 Å². The zero-order valence-electron chi connectivity index (χ0n) is 16.4. The number of aromatic amines is 1. The van der Waals surface area contributed by atoms with Gasteiger partial charge in [0, 0.05) is 24.6 Å². The molecular formula is C20H22ClN5O3. The van der Waals surface area contributed by atoms with Crippen molar-refractivity contribution in [1.82, 2.24) is 15.3 Å². The lowest BCUT2D eigenvalue weighted by molar-refractivity contribution is -0.114. The summed E-state index contributed by atoms with van der Waals surface area (Å²) in [5.74, 6) is 0.719. The second-order valence-electron chi connectivity index (χ2n) is 6.55. The SMILES string of the molecule is COc1cc(Cl)c(C)cc1NC(=O)NCCc1ccc2nc(NC(C)=O)[nH]c2c1. The number of nitrogens with one attached hydrogen (secondary N) is 4. The minimum absolute atomic E-state index is 0.188. The number of rotatable bonds is 6. The quantitative estimate of drug-likeness (QED) is 0.490. The minimum Gasteiger partial charge on any atom is -0.495 e. The number of benzene rings is 2. The number of carbonyl (C=O) groups excluding carboxylic acids is 2. The van der Waals surface area contributed by atoms with E-state index in [2.05, 4.69) is 25.9 Å². The average Bonchev–Trinajstić information content (AvgIpc) is 3.05. The average molecular weight is 416 g/mol. The number of aromatic nitrogens is 2. The van der Waals surface area contributed by atoms with Crippen LogP contribution in [0, 0.1) is 6.92 Å². The summed E-state index contributed by atoms with van der Waals surface area (Å²) in [5, 5.41) is 8.79. The zero-order chi connectivity index (χ0) is 21.0. The summed E-state index contributed by atoms with van der Waals surface area (Å²) in [5.41, 5.74) is 3.99. The lowest BCUT2D eigenvalue weighted by Crippen LogP contribution is -2.30. The largest absolute Gasteiger partial charge is 0.495 e. The maximum atomic E-state index is 12.2. The smallest absolute Gasteiger partial charge is 0.319 e. The number of methoxy groups -OCH3 is 1. The van der Waals surface area contributed by atoms with Crippen LogP contribution < -0.4 is 20.7 Å². The van der Waals surface area contributed by atoms with Gasteiger partial charge in [0.1, 0.15) is 5.75 Å². The molecule has 0 spiro atoms.